The van der Waals surface area contributed by atoms with Gasteiger partial charge in [-0.1, -0.05) is 24.3 Å². The highest BCUT2D eigenvalue weighted by Gasteiger charge is 2.29. The van der Waals surface area contributed by atoms with Gasteiger partial charge in [0.2, 0.25) is 0 Å². The zero-order valence-corrected chi connectivity index (χ0v) is 23.3. The van der Waals surface area contributed by atoms with Crippen molar-refractivity contribution in [2.75, 3.05) is 24.4 Å². The van der Waals surface area contributed by atoms with Crippen molar-refractivity contribution in [2.24, 2.45) is 0 Å². The molecule has 3 aromatic rings. The zero-order chi connectivity index (χ0) is 25.9. The fraction of sp³-hybridized carbons (Fsp3) is 0.387. The molecule has 4 nitrogen and oxygen atoms in total. The number of benzene rings is 3. The zero-order valence-electron chi connectivity index (χ0n) is 21.7. The van der Waals surface area contributed by atoms with E-state index in [-0.39, 0.29) is 18.4 Å². The van der Waals surface area contributed by atoms with E-state index >= 15 is 0 Å². The molecule has 2 aliphatic rings. The van der Waals surface area contributed by atoms with Crippen molar-refractivity contribution >= 4 is 29.5 Å². The molecule has 0 amide bonds. The molecule has 0 saturated heterocycles. The lowest BCUT2D eigenvalue weighted by Gasteiger charge is -2.19. The minimum Gasteiger partial charge on any atom is -0.494 e. The maximum Gasteiger partial charge on any atom is 0.303 e. The van der Waals surface area contributed by atoms with Crippen LogP contribution in [0.15, 0.2) is 53.4 Å². The van der Waals surface area contributed by atoms with Crippen LogP contribution in [-0.4, -0.2) is 35.4 Å². The quantitative estimate of drug-likeness (QED) is 0.268. The van der Waals surface area contributed by atoms with E-state index in [1.165, 1.54) is 33.4 Å². The minimum atomic E-state index is -0.740. The molecule has 1 aliphatic carbocycles. The maximum atomic E-state index is 11.2. The van der Waals surface area contributed by atoms with Crippen LogP contribution < -0.4 is 9.47 Å². The van der Waals surface area contributed by atoms with Crippen LogP contribution >= 0.6 is 23.5 Å². The van der Waals surface area contributed by atoms with Gasteiger partial charge in [0, 0.05) is 16.6 Å². The molecule has 0 aromatic heterocycles. The summed E-state index contributed by atoms with van der Waals surface area (Å²) in [6.07, 6.45) is 5.33. The van der Waals surface area contributed by atoms with Crippen LogP contribution in [0, 0.1) is 13.8 Å². The first-order chi connectivity index (χ1) is 17.9. The van der Waals surface area contributed by atoms with Gasteiger partial charge in [-0.05, 0) is 108 Å². The highest BCUT2D eigenvalue weighted by molar-refractivity contribution is 7.99. The third kappa shape index (κ3) is 5.65. The van der Waals surface area contributed by atoms with E-state index in [2.05, 4.69) is 62.6 Å². The number of aliphatic carboxylic acids is 1. The molecule has 0 bridgehead atoms. The van der Waals surface area contributed by atoms with Gasteiger partial charge >= 0.3 is 5.97 Å². The molecule has 37 heavy (non-hydrogen) atoms. The first kappa shape index (κ1) is 26.1. The summed E-state index contributed by atoms with van der Waals surface area (Å²) in [6.45, 7) is 5.11. The van der Waals surface area contributed by atoms with Crippen LogP contribution in [0.5, 0.6) is 11.5 Å². The van der Waals surface area contributed by atoms with Gasteiger partial charge in [-0.25, -0.2) is 0 Å². The van der Waals surface area contributed by atoms with Gasteiger partial charge in [0.25, 0.3) is 0 Å². The van der Waals surface area contributed by atoms with Gasteiger partial charge < -0.3 is 14.6 Å². The van der Waals surface area contributed by atoms with Gasteiger partial charge in [0.05, 0.1) is 13.0 Å². The van der Waals surface area contributed by atoms with E-state index in [0.29, 0.717) is 0 Å². The number of fused-ring (bicyclic) bond motifs is 2. The monoisotopic (exact) mass is 534 g/mol. The number of thioether (sulfide) groups is 2. The van der Waals surface area contributed by atoms with Gasteiger partial charge in [-0.2, -0.15) is 11.8 Å². The summed E-state index contributed by atoms with van der Waals surface area (Å²) in [4.78, 5) is 12.3. The van der Waals surface area contributed by atoms with Crippen molar-refractivity contribution in [3.8, 4) is 22.6 Å². The number of carboxylic acid groups (broad SMARTS) is 1. The number of hydrogen-bond donors (Lipinski definition) is 1. The molecular weight excluding hydrogens is 500 g/mol. The van der Waals surface area contributed by atoms with Crippen LogP contribution in [0.1, 0.15) is 59.1 Å². The lowest BCUT2D eigenvalue weighted by atomic mass is 9.90. The van der Waals surface area contributed by atoms with Crippen LogP contribution in [0.25, 0.3) is 11.1 Å². The number of ether oxygens (including phenoxy) is 2. The van der Waals surface area contributed by atoms with Crippen molar-refractivity contribution in [3.05, 3.63) is 76.3 Å². The first-order valence-electron chi connectivity index (χ1n) is 12.9. The highest BCUT2D eigenvalue weighted by Crippen LogP contribution is 2.45. The van der Waals surface area contributed by atoms with Crippen molar-refractivity contribution in [1.82, 2.24) is 0 Å². The Morgan fingerprint density at radius 1 is 1.08 bits per heavy atom. The Balaban J connectivity index is 1.35. The number of hydrogen-bond acceptors (Lipinski definition) is 5. The summed E-state index contributed by atoms with van der Waals surface area (Å²) < 4.78 is 12.6. The van der Waals surface area contributed by atoms with E-state index in [1.54, 1.807) is 11.8 Å². The van der Waals surface area contributed by atoms with Crippen molar-refractivity contribution in [2.45, 2.75) is 56.4 Å². The minimum absolute atomic E-state index is 0.0221. The van der Waals surface area contributed by atoms with Crippen molar-refractivity contribution in [1.29, 1.82) is 0 Å². The van der Waals surface area contributed by atoms with Gasteiger partial charge in [0.15, 0.2) is 0 Å². The molecular formula is C31H34O4S2. The summed E-state index contributed by atoms with van der Waals surface area (Å²) in [5.41, 5.74) is 8.86. The second-order valence-corrected chi connectivity index (χ2v) is 12.0. The Hall–Kier alpha value is -2.57. The van der Waals surface area contributed by atoms with E-state index in [9.17, 15) is 9.90 Å². The maximum absolute atomic E-state index is 11.2. The second-order valence-electron chi connectivity index (χ2n) is 9.95. The average Bonchev–Trinajstić information content (AvgIpc) is 3.45. The molecule has 1 heterocycles. The van der Waals surface area contributed by atoms with Gasteiger partial charge in [-0.15, -0.1) is 11.8 Å². The lowest BCUT2D eigenvalue weighted by Crippen LogP contribution is -2.06. The molecule has 194 valence electrons. The molecule has 0 fully saturated rings. The van der Waals surface area contributed by atoms with Crippen LogP contribution in [0.3, 0.4) is 0 Å². The normalized spacial score (nSPS) is 17.9. The molecule has 5 rings (SSSR count). The van der Waals surface area contributed by atoms with E-state index in [0.717, 1.165) is 59.3 Å². The number of aryl methyl sites for hydroxylation is 2. The first-order valence-corrected chi connectivity index (χ1v) is 15.3. The topological polar surface area (TPSA) is 55.8 Å². The SMILES string of the molecule is CSCCCOc1cc(C)c(-c2cccc3c2CCC3Oc2ccc3c(c2)SCC3CC(=O)O)c(C)c1. The van der Waals surface area contributed by atoms with Gasteiger partial charge in [0.1, 0.15) is 17.6 Å². The third-order valence-corrected chi connectivity index (χ3v) is 9.25. The van der Waals surface area contributed by atoms with Crippen molar-refractivity contribution < 1.29 is 19.4 Å². The molecule has 0 spiro atoms. The van der Waals surface area contributed by atoms with Crippen molar-refractivity contribution in [3.63, 3.8) is 0 Å². The summed E-state index contributed by atoms with van der Waals surface area (Å²) in [5, 5.41) is 9.20. The summed E-state index contributed by atoms with van der Waals surface area (Å²) in [7, 11) is 0. The molecule has 0 radical (unpaired) electrons. The number of carbonyl (C=O) groups is 1. The standard InChI is InChI=1S/C31H34O4S2/c1-19-14-23(34-12-5-13-36-3)15-20(2)31(19)27-7-4-6-26-25(27)10-11-28(26)35-22-8-9-24-21(16-30(32)33)18-37-29(24)17-22/h4,6-9,14-15,17,21,28H,5,10-13,16,18H2,1-3H3,(H,32,33). The summed E-state index contributed by atoms with van der Waals surface area (Å²) in [5.74, 6) is 3.09. The summed E-state index contributed by atoms with van der Waals surface area (Å²) in [6, 6.07) is 17.1. The average molecular weight is 535 g/mol. The predicted molar refractivity (Wildman–Crippen MR) is 154 cm³/mol. The molecule has 3 aromatic carbocycles. The molecule has 6 heteroatoms. The smallest absolute Gasteiger partial charge is 0.303 e. The fourth-order valence-corrected chi connectivity index (χ4v) is 7.36. The Labute approximate surface area is 228 Å². The lowest BCUT2D eigenvalue weighted by molar-refractivity contribution is -0.137. The number of carboxylic acids is 1. The van der Waals surface area contributed by atoms with E-state index < -0.39 is 5.97 Å². The molecule has 2 unspecified atom stereocenters. The summed E-state index contributed by atoms with van der Waals surface area (Å²) >= 11 is 3.58. The molecule has 1 N–H and O–H groups in total. The van der Waals surface area contributed by atoms with Gasteiger partial charge in [-0.3, -0.25) is 4.79 Å². The van der Waals surface area contributed by atoms with E-state index in [1.807, 2.05) is 17.8 Å². The largest absolute Gasteiger partial charge is 0.494 e. The predicted octanol–water partition coefficient (Wildman–Crippen LogP) is 7.83. The second kappa shape index (κ2) is 11.4. The Morgan fingerprint density at radius 3 is 2.65 bits per heavy atom. The molecule has 1 aliphatic heterocycles. The van der Waals surface area contributed by atoms with Crippen LogP contribution in [-0.2, 0) is 11.2 Å². The molecule has 0 saturated carbocycles. The third-order valence-electron chi connectivity index (χ3n) is 7.32. The molecule has 2 atom stereocenters. The Bertz CT molecular complexity index is 1280. The number of rotatable bonds is 10. The Kier molecular flexibility index (Phi) is 8.06. The van der Waals surface area contributed by atoms with Crippen LogP contribution in [0.2, 0.25) is 0 Å². The van der Waals surface area contributed by atoms with E-state index in [4.69, 9.17) is 9.47 Å². The van der Waals surface area contributed by atoms with Crippen LogP contribution in [0.4, 0.5) is 0 Å². The highest BCUT2D eigenvalue weighted by atomic mass is 32.2. The fourth-order valence-electron chi connectivity index (χ4n) is 5.67. The Morgan fingerprint density at radius 2 is 1.89 bits per heavy atom.